The van der Waals surface area contributed by atoms with E-state index >= 15 is 0 Å². The van der Waals surface area contributed by atoms with Crippen LogP contribution in [0.4, 0.5) is 16.3 Å². The van der Waals surface area contributed by atoms with Crippen LogP contribution in [0.3, 0.4) is 0 Å². The number of primary amides is 1. The lowest BCUT2D eigenvalue weighted by Gasteiger charge is -2.18. The maximum absolute atomic E-state index is 11.5. The Hall–Kier alpha value is -1.95. The van der Waals surface area contributed by atoms with E-state index in [0.717, 1.165) is 4.47 Å². The number of hydrogen-bond donors (Lipinski definition) is 1. The largest absolute Gasteiger partial charge is 0.351 e. The van der Waals surface area contributed by atoms with Crippen molar-refractivity contribution in [2.75, 3.05) is 4.90 Å². The Balaban J connectivity index is 2.43. The van der Waals surface area contributed by atoms with Crippen molar-refractivity contribution in [2.45, 2.75) is 0 Å². The summed E-state index contributed by atoms with van der Waals surface area (Å²) in [6.45, 7) is 0. The van der Waals surface area contributed by atoms with Gasteiger partial charge in [-0.1, -0.05) is 15.9 Å². The van der Waals surface area contributed by atoms with Crippen LogP contribution in [-0.2, 0) is 0 Å². The molecule has 17 heavy (non-hydrogen) atoms. The highest BCUT2D eigenvalue weighted by Crippen LogP contribution is 2.24. The van der Waals surface area contributed by atoms with Crippen LogP contribution in [0.1, 0.15) is 0 Å². The minimum absolute atomic E-state index is 0.391. The van der Waals surface area contributed by atoms with Crippen LogP contribution < -0.4 is 10.6 Å². The zero-order chi connectivity index (χ0) is 12.3. The van der Waals surface area contributed by atoms with Crippen molar-refractivity contribution < 1.29 is 4.79 Å². The van der Waals surface area contributed by atoms with E-state index in [4.69, 9.17) is 5.73 Å². The molecule has 1 aromatic heterocycles. The van der Waals surface area contributed by atoms with Crippen LogP contribution in [0.5, 0.6) is 0 Å². The number of halogens is 1. The van der Waals surface area contributed by atoms with Gasteiger partial charge in [0.05, 0.1) is 11.9 Å². The van der Waals surface area contributed by atoms with Crippen molar-refractivity contribution in [1.29, 1.82) is 0 Å². The Labute approximate surface area is 106 Å². The Morgan fingerprint density at radius 3 is 2.47 bits per heavy atom. The second-order valence-electron chi connectivity index (χ2n) is 3.21. The molecule has 6 heteroatoms. The Kier molecular flexibility index (Phi) is 3.34. The van der Waals surface area contributed by atoms with Gasteiger partial charge in [-0.3, -0.25) is 4.98 Å². The lowest BCUT2D eigenvalue weighted by molar-refractivity contribution is 0.256. The van der Waals surface area contributed by atoms with Crippen LogP contribution in [-0.4, -0.2) is 16.0 Å². The molecule has 2 amide bonds. The minimum Gasteiger partial charge on any atom is -0.351 e. The molecule has 0 bridgehead atoms. The zero-order valence-corrected chi connectivity index (χ0v) is 10.3. The fraction of sp³-hybridized carbons (Fsp3) is 0. The molecule has 0 spiro atoms. The topological polar surface area (TPSA) is 72.1 Å². The van der Waals surface area contributed by atoms with E-state index in [-0.39, 0.29) is 0 Å². The van der Waals surface area contributed by atoms with Crippen molar-refractivity contribution in [3.63, 3.8) is 0 Å². The molecule has 0 fully saturated rings. The highest BCUT2D eigenvalue weighted by molar-refractivity contribution is 9.10. The van der Waals surface area contributed by atoms with Gasteiger partial charge in [-0.05, 0) is 24.3 Å². The lowest BCUT2D eigenvalue weighted by atomic mass is 10.3. The van der Waals surface area contributed by atoms with Crippen LogP contribution in [0.15, 0.2) is 47.3 Å². The third kappa shape index (κ3) is 2.59. The normalized spacial score (nSPS) is 9.94. The predicted molar refractivity (Wildman–Crippen MR) is 67.9 cm³/mol. The first-order valence-electron chi connectivity index (χ1n) is 4.79. The predicted octanol–water partition coefficient (Wildman–Crippen LogP) is 2.46. The highest BCUT2D eigenvalue weighted by Gasteiger charge is 2.15. The molecule has 86 valence electrons. The number of nitrogens with two attached hydrogens (primary N) is 1. The van der Waals surface area contributed by atoms with Crippen LogP contribution in [0.25, 0.3) is 0 Å². The number of urea groups is 1. The van der Waals surface area contributed by atoms with E-state index in [2.05, 4.69) is 25.9 Å². The smallest absolute Gasteiger partial charge is 0.325 e. The number of carbonyl (C=O) groups excluding carboxylic acids is 1. The van der Waals surface area contributed by atoms with Crippen molar-refractivity contribution in [1.82, 2.24) is 9.97 Å². The number of amides is 2. The molecule has 5 nitrogen and oxygen atoms in total. The number of carbonyl (C=O) groups is 1. The standard InChI is InChI=1S/C11H9BrN4O/c12-8-1-3-9(4-2-8)16(11(13)17)10-7-14-5-6-15-10/h1-7H,(H2,13,17). The maximum Gasteiger partial charge on any atom is 0.325 e. The van der Waals surface area contributed by atoms with Gasteiger partial charge >= 0.3 is 6.03 Å². The van der Waals surface area contributed by atoms with Gasteiger partial charge < -0.3 is 5.73 Å². The molecule has 0 saturated carbocycles. The van der Waals surface area contributed by atoms with E-state index < -0.39 is 6.03 Å². The summed E-state index contributed by atoms with van der Waals surface area (Å²) in [5.41, 5.74) is 5.99. The Morgan fingerprint density at radius 2 is 1.94 bits per heavy atom. The average Bonchev–Trinajstić information content (AvgIpc) is 2.33. The number of anilines is 2. The Morgan fingerprint density at radius 1 is 1.24 bits per heavy atom. The zero-order valence-electron chi connectivity index (χ0n) is 8.75. The summed E-state index contributed by atoms with van der Waals surface area (Å²) in [5, 5.41) is 0. The van der Waals surface area contributed by atoms with Crippen LogP contribution >= 0.6 is 15.9 Å². The number of aromatic nitrogens is 2. The van der Waals surface area contributed by atoms with Crippen LogP contribution in [0, 0.1) is 0 Å². The molecule has 2 N–H and O–H groups in total. The molecule has 0 aliphatic heterocycles. The molecule has 1 aromatic carbocycles. The summed E-state index contributed by atoms with van der Waals surface area (Å²) >= 11 is 3.33. The second kappa shape index (κ2) is 4.92. The number of nitrogens with zero attached hydrogens (tertiary/aromatic N) is 3. The molecule has 2 rings (SSSR count). The SMILES string of the molecule is NC(=O)N(c1ccc(Br)cc1)c1cnccn1. The van der Waals surface area contributed by atoms with E-state index in [1.165, 1.54) is 23.5 Å². The quantitative estimate of drug-likeness (QED) is 0.924. The van der Waals surface area contributed by atoms with Gasteiger partial charge in [0.25, 0.3) is 0 Å². The van der Waals surface area contributed by atoms with E-state index in [9.17, 15) is 4.79 Å². The first kappa shape index (κ1) is 11.5. The minimum atomic E-state index is -0.604. The summed E-state index contributed by atoms with van der Waals surface area (Å²) in [5.74, 6) is 0.391. The molecule has 2 aromatic rings. The molecule has 0 saturated heterocycles. The van der Waals surface area contributed by atoms with Crippen molar-refractivity contribution in [2.24, 2.45) is 5.73 Å². The molecular weight excluding hydrogens is 284 g/mol. The summed E-state index contributed by atoms with van der Waals surface area (Å²) in [7, 11) is 0. The Bertz CT molecular complexity index is 515. The maximum atomic E-state index is 11.5. The summed E-state index contributed by atoms with van der Waals surface area (Å²) in [4.78, 5) is 20.7. The number of rotatable bonds is 2. The molecular formula is C11H9BrN4O. The molecule has 0 aliphatic carbocycles. The first-order valence-corrected chi connectivity index (χ1v) is 5.59. The van der Waals surface area contributed by atoms with Gasteiger partial charge in [-0.15, -0.1) is 0 Å². The van der Waals surface area contributed by atoms with Crippen LogP contribution in [0.2, 0.25) is 0 Å². The van der Waals surface area contributed by atoms with E-state index in [1.54, 1.807) is 12.1 Å². The number of benzene rings is 1. The average molecular weight is 293 g/mol. The highest BCUT2D eigenvalue weighted by atomic mass is 79.9. The summed E-state index contributed by atoms with van der Waals surface area (Å²) < 4.78 is 0.921. The third-order valence-electron chi connectivity index (χ3n) is 2.08. The lowest BCUT2D eigenvalue weighted by Crippen LogP contribution is -2.32. The summed E-state index contributed by atoms with van der Waals surface area (Å²) in [6, 6.07) is 6.57. The second-order valence-corrected chi connectivity index (χ2v) is 4.13. The van der Waals surface area contributed by atoms with E-state index in [0.29, 0.717) is 11.5 Å². The van der Waals surface area contributed by atoms with Crippen molar-refractivity contribution in [3.05, 3.63) is 47.3 Å². The van der Waals surface area contributed by atoms with Crippen molar-refractivity contribution >= 4 is 33.5 Å². The van der Waals surface area contributed by atoms with Crippen molar-refractivity contribution in [3.8, 4) is 0 Å². The van der Waals surface area contributed by atoms with E-state index in [1.807, 2.05) is 12.1 Å². The van der Waals surface area contributed by atoms with Gasteiger partial charge in [0.1, 0.15) is 0 Å². The molecule has 0 aliphatic rings. The third-order valence-corrected chi connectivity index (χ3v) is 2.61. The first-order chi connectivity index (χ1) is 8.18. The van der Waals surface area contributed by atoms with Gasteiger partial charge in [-0.25, -0.2) is 14.7 Å². The molecule has 0 unspecified atom stereocenters. The molecule has 0 radical (unpaired) electrons. The molecule has 1 heterocycles. The number of hydrogen-bond acceptors (Lipinski definition) is 3. The van der Waals surface area contributed by atoms with Gasteiger partial charge in [0, 0.05) is 16.9 Å². The summed E-state index contributed by atoms with van der Waals surface area (Å²) in [6.07, 6.45) is 4.52. The van der Waals surface area contributed by atoms with Gasteiger partial charge in [-0.2, -0.15) is 0 Å². The van der Waals surface area contributed by atoms with Gasteiger partial charge in [0.2, 0.25) is 0 Å². The molecule has 0 atom stereocenters. The fourth-order valence-corrected chi connectivity index (χ4v) is 1.63. The fourth-order valence-electron chi connectivity index (χ4n) is 1.37. The monoisotopic (exact) mass is 292 g/mol. The van der Waals surface area contributed by atoms with Gasteiger partial charge in [0.15, 0.2) is 5.82 Å².